The lowest BCUT2D eigenvalue weighted by atomic mass is 9.98. The van der Waals surface area contributed by atoms with E-state index in [2.05, 4.69) is 27.9 Å². The zero-order chi connectivity index (χ0) is 18.3. The third kappa shape index (κ3) is 3.14. The number of aryl methyl sites for hydroxylation is 1. The standard InChI is InChI=1S/C20H29N5O/c1-20(13-21,14-9-10-14)23-18(26)12-25-11-5-8-17(25)19-22-15-6-3-4-7-16(15)24(19)2/h14,17H,3-12H2,1-2H3,(H,23,26)/t17-,20+/m1/s1. The number of carbonyl (C=O) groups is 1. The van der Waals surface area contributed by atoms with Crippen molar-refractivity contribution in [2.24, 2.45) is 13.0 Å². The fourth-order valence-corrected chi connectivity index (χ4v) is 4.71. The van der Waals surface area contributed by atoms with Crippen LogP contribution >= 0.6 is 0 Å². The highest BCUT2D eigenvalue weighted by Gasteiger charge is 2.43. The summed E-state index contributed by atoms with van der Waals surface area (Å²) in [7, 11) is 2.13. The van der Waals surface area contributed by atoms with Crippen LogP contribution < -0.4 is 5.32 Å². The van der Waals surface area contributed by atoms with Crippen molar-refractivity contribution in [1.29, 1.82) is 5.26 Å². The van der Waals surface area contributed by atoms with E-state index in [9.17, 15) is 10.1 Å². The summed E-state index contributed by atoms with van der Waals surface area (Å²) in [6.07, 6.45) is 8.89. The quantitative estimate of drug-likeness (QED) is 0.879. The molecule has 140 valence electrons. The van der Waals surface area contributed by atoms with Crippen LogP contribution in [0, 0.1) is 17.2 Å². The summed E-state index contributed by atoms with van der Waals surface area (Å²) in [6, 6.07) is 2.53. The van der Waals surface area contributed by atoms with Crippen LogP contribution in [0.5, 0.6) is 0 Å². The number of nitriles is 1. The Kier molecular flexibility index (Phi) is 4.52. The van der Waals surface area contributed by atoms with E-state index >= 15 is 0 Å². The predicted octanol–water partition coefficient (Wildman–Crippen LogP) is 2.24. The van der Waals surface area contributed by atoms with Crippen molar-refractivity contribution in [3.8, 4) is 6.07 Å². The smallest absolute Gasteiger partial charge is 0.235 e. The molecule has 6 nitrogen and oxygen atoms in total. The molecule has 1 aromatic rings. The molecule has 1 N–H and O–H groups in total. The minimum Gasteiger partial charge on any atom is -0.337 e. The minimum atomic E-state index is -0.714. The van der Waals surface area contributed by atoms with Crippen molar-refractivity contribution in [1.82, 2.24) is 19.8 Å². The maximum atomic E-state index is 12.6. The van der Waals surface area contributed by atoms with Gasteiger partial charge in [-0.2, -0.15) is 5.26 Å². The Morgan fingerprint density at radius 3 is 2.77 bits per heavy atom. The summed E-state index contributed by atoms with van der Waals surface area (Å²) < 4.78 is 2.28. The lowest BCUT2D eigenvalue weighted by Gasteiger charge is -2.27. The van der Waals surface area contributed by atoms with E-state index < -0.39 is 5.54 Å². The van der Waals surface area contributed by atoms with Crippen molar-refractivity contribution < 1.29 is 4.79 Å². The summed E-state index contributed by atoms with van der Waals surface area (Å²) in [6.45, 7) is 3.13. The largest absolute Gasteiger partial charge is 0.337 e. The molecule has 6 heteroatoms. The molecule has 0 radical (unpaired) electrons. The van der Waals surface area contributed by atoms with E-state index in [1.54, 1.807) is 0 Å². The highest BCUT2D eigenvalue weighted by molar-refractivity contribution is 5.79. The highest BCUT2D eigenvalue weighted by Crippen LogP contribution is 2.39. The molecule has 1 amide bonds. The number of hydrogen-bond donors (Lipinski definition) is 1. The normalized spacial score (nSPS) is 25.3. The molecular weight excluding hydrogens is 326 g/mol. The molecule has 1 saturated carbocycles. The summed E-state index contributed by atoms with van der Waals surface area (Å²) in [5.74, 6) is 1.39. The molecule has 1 saturated heterocycles. The first-order valence-corrected chi connectivity index (χ1v) is 10.0. The topological polar surface area (TPSA) is 74.0 Å². The van der Waals surface area contributed by atoms with Crippen LogP contribution in [0.15, 0.2) is 0 Å². The van der Waals surface area contributed by atoms with Gasteiger partial charge in [-0.25, -0.2) is 4.98 Å². The molecule has 1 aromatic heterocycles. The summed E-state index contributed by atoms with van der Waals surface area (Å²) >= 11 is 0. The summed E-state index contributed by atoms with van der Waals surface area (Å²) in [4.78, 5) is 19.8. The first-order valence-electron chi connectivity index (χ1n) is 10.0. The lowest BCUT2D eigenvalue weighted by Crippen LogP contribution is -2.50. The number of nitrogens with zero attached hydrogens (tertiary/aromatic N) is 4. The Morgan fingerprint density at radius 2 is 2.08 bits per heavy atom. The zero-order valence-corrected chi connectivity index (χ0v) is 15.9. The van der Waals surface area contributed by atoms with E-state index in [4.69, 9.17) is 4.98 Å². The molecule has 26 heavy (non-hydrogen) atoms. The maximum Gasteiger partial charge on any atom is 0.235 e. The Labute approximate surface area is 155 Å². The molecule has 2 aliphatic carbocycles. The van der Waals surface area contributed by atoms with Crippen LogP contribution in [0.2, 0.25) is 0 Å². The monoisotopic (exact) mass is 355 g/mol. The van der Waals surface area contributed by atoms with Crippen LogP contribution in [0.4, 0.5) is 0 Å². The van der Waals surface area contributed by atoms with Gasteiger partial charge in [-0.15, -0.1) is 0 Å². The SMILES string of the molecule is Cn1c([C@H]2CCCN2CC(=O)N[C@@](C)(C#N)C2CC2)nc2c1CCCC2. The molecule has 1 aliphatic heterocycles. The molecule has 2 atom stereocenters. The van der Waals surface area contributed by atoms with Gasteiger partial charge in [-0.3, -0.25) is 9.69 Å². The van der Waals surface area contributed by atoms with Crippen LogP contribution in [0.1, 0.15) is 68.7 Å². The van der Waals surface area contributed by atoms with Gasteiger partial charge in [0.15, 0.2) is 0 Å². The molecular formula is C20H29N5O. The molecule has 0 unspecified atom stereocenters. The van der Waals surface area contributed by atoms with Gasteiger partial charge in [-0.1, -0.05) is 0 Å². The fraction of sp³-hybridized carbons (Fsp3) is 0.750. The van der Waals surface area contributed by atoms with Gasteiger partial charge in [0.25, 0.3) is 0 Å². The number of nitrogens with one attached hydrogen (secondary N) is 1. The number of rotatable bonds is 5. The van der Waals surface area contributed by atoms with Gasteiger partial charge >= 0.3 is 0 Å². The van der Waals surface area contributed by atoms with E-state index in [0.29, 0.717) is 12.5 Å². The number of amides is 1. The average molecular weight is 355 g/mol. The molecule has 2 heterocycles. The van der Waals surface area contributed by atoms with Crippen LogP contribution in [0.3, 0.4) is 0 Å². The number of carbonyl (C=O) groups excluding carboxylic acids is 1. The van der Waals surface area contributed by atoms with E-state index in [0.717, 1.165) is 50.9 Å². The van der Waals surface area contributed by atoms with Crippen LogP contribution in [-0.4, -0.2) is 39.0 Å². The van der Waals surface area contributed by atoms with Crippen LogP contribution in [-0.2, 0) is 24.7 Å². The van der Waals surface area contributed by atoms with E-state index in [1.165, 1.54) is 24.2 Å². The molecule has 0 aromatic carbocycles. The second kappa shape index (κ2) is 6.70. The van der Waals surface area contributed by atoms with Gasteiger partial charge in [0, 0.05) is 12.7 Å². The first-order chi connectivity index (χ1) is 12.5. The third-order valence-corrected chi connectivity index (χ3v) is 6.44. The van der Waals surface area contributed by atoms with Gasteiger partial charge in [0.1, 0.15) is 11.4 Å². The number of imidazole rings is 1. The molecule has 0 bridgehead atoms. The van der Waals surface area contributed by atoms with Crippen molar-refractivity contribution in [2.45, 2.75) is 69.9 Å². The van der Waals surface area contributed by atoms with Crippen LogP contribution in [0.25, 0.3) is 0 Å². The summed E-state index contributed by atoms with van der Waals surface area (Å²) in [5.41, 5.74) is 1.93. The minimum absolute atomic E-state index is 0.0353. The Hall–Kier alpha value is -1.87. The Balaban J connectivity index is 1.46. The number of fused-ring (bicyclic) bond motifs is 1. The molecule has 0 spiro atoms. The number of likely N-dealkylation sites (tertiary alicyclic amines) is 1. The molecule has 3 aliphatic rings. The zero-order valence-electron chi connectivity index (χ0n) is 15.9. The molecule has 4 rings (SSSR count). The van der Waals surface area contributed by atoms with Gasteiger partial charge < -0.3 is 9.88 Å². The highest BCUT2D eigenvalue weighted by atomic mass is 16.2. The second-order valence-corrected chi connectivity index (χ2v) is 8.39. The van der Waals surface area contributed by atoms with Crippen molar-refractivity contribution in [2.75, 3.05) is 13.1 Å². The van der Waals surface area contributed by atoms with Gasteiger partial charge in [0.05, 0.1) is 24.3 Å². The van der Waals surface area contributed by atoms with Crippen molar-refractivity contribution in [3.63, 3.8) is 0 Å². The Morgan fingerprint density at radius 1 is 1.31 bits per heavy atom. The second-order valence-electron chi connectivity index (χ2n) is 8.39. The van der Waals surface area contributed by atoms with E-state index in [-0.39, 0.29) is 11.9 Å². The van der Waals surface area contributed by atoms with Gasteiger partial charge in [-0.05, 0) is 70.8 Å². The van der Waals surface area contributed by atoms with Crippen molar-refractivity contribution in [3.05, 3.63) is 17.2 Å². The third-order valence-electron chi connectivity index (χ3n) is 6.44. The fourth-order valence-electron chi connectivity index (χ4n) is 4.71. The number of aromatic nitrogens is 2. The Bertz CT molecular complexity index is 744. The van der Waals surface area contributed by atoms with Crippen molar-refractivity contribution >= 4 is 5.91 Å². The number of hydrogen-bond acceptors (Lipinski definition) is 4. The van der Waals surface area contributed by atoms with E-state index in [1.807, 2.05) is 6.92 Å². The average Bonchev–Trinajstić information content (AvgIpc) is 3.33. The maximum absolute atomic E-state index is 12.6. The lowest BCUT2D eigenvalue weighted by molar-refractivity contribution is -0.123. The first kappa shape index (κ1) is 17.5. The predicted molar refractivity (Wildman–Crippen MR) is 98.3 cm³/mol. The molecule has 2 fully saturated rings. The summed E-state index contributed by atoms with van der Waals surface area (Å²) in [5, 5.41) is 12.5. The van der Waals surface area contributed by atoms with Gasteiger partial charge in [0.2, 0.25) is 5.91 Å².